The summed E-state index contributed by atoms with van der Waals surface area (Å²) in [5.74, 6) is 1.63. The van der Waals surface area contributed by atoms with E-state index in [0.717, 1.165) is 59.8 Å². The quantitative estimate of drug-likeness (QED) is 0.540. The SMILES string of the molecule is COc1cc(N2CCNCC2)ccc1-c1cnc(N)c(-c2nc3ccccc3o2)c1. The minimum Gasteiger partial charge on any atom is -0.496 e. The number of methoxy groups -OCH3 is 1. The van der Waals surface area contributed by atoms with Crippen LogP contribution >= 0.6 is 0 Å². The number of fused-ring (bicyclic) bond motifs is 1. The van der Waals surface area contributed by atoms with Crippen molar-refractivity contribution < 1.29 is 9.15 Å². The van der Waals surface area contributed by atoms with Crippen molar-refractivity contribution >= 4 is 22.6 Å². The minimum absolute atomic E-state index is 0.377. The fraction of sp³-hybridized carbons (Fsp3) is 0.217. The normalized spacial score (nSPS) is 14.2. The van der Waals surface area contributed by atoms with E-state index in [1.54, 1.807) is 13.3 Å². The van der Waals surface area contributed by atoms with E-state index >= 15 is 0 Å². The molecule has 1 aliphatic rings. The Balaban J connectivity index is 1.54. The number of pyridine rings is 1. The number of oxazole rings is 1. The second kappa shape index (κ2) is 7.68. The summed E-state index contributed by atoms with van der Waals surface area (Å²) in [5, 5.41) is 3.38. The van der Waals surface area contributed by atoms with Crippen LogP contribution in [0.3, 0.4) is 0 Å². The standard InChI is InChI=1S/C23H23N5O2/c1-29-21-13-16(28-10-8-25-9-11-28)6-7-17(21)15-12-18(22(24)26-14-15)23-27-19-4-2-3-5-20(19)30-23/h2-7,12-14,25H,8-11H2,1H3,(H2,24,26). The molecular weight excluding hydrogens is 378 g/mol. The number of nitrogens with one attached hydrogen (secondary N) is 1. The molecule has 0 aliphatic carbocycles. The smallest absolute Gasteiger partial charge is 0.231 e. The molecule has 4 aromatic rings. The second-order valence-corrected chi connectivity index (χ2v) is 7.27. The van der Waals surface area contributed by atoms with Gasteiger partial charge in [-0.2, -0.15) is 0 Å². The van der Waals surface area contributed by atoms with Gasteiger partial charge in [0.2, 0.25) is 5.89 Å². The van der Waals surface area contributed by atoms with Gasteiger partial charge in [0, 0.05) is 55.3 Å². The maximum Gasteiger partial charge on any atom is 0.231 e. The van der Waals surface area contributed by atoms with Gasteiger partial charge < -0.3 is 25.1 Å². The molecule has 152 valence electrons. The molecule has 0 unspecified atom stereocenters. The van der Waals surface area contributed by atoms with Crippen molar-refractivity contribution in [2.45, 2.75) is 0 Å². The molecule has 3 N–H and O–H groups in total. The van der Waals surface area contributed by atoms with Gasteiger partial charge in [0.15, 0.2) is 5.58 Å². The van der Waals surface area contributed by atoms with Gasteiger partial charge in [-0.3, -0.25) is 0 Å². The van der Waals surface area contributed by atoms with Crippen LogP contribution in [-0.4, -0.2) is 43.3 Å². The lowest BCUT2D eigenvalue weighted by Crippen LogP contribution is -2.43. The summed E-state index contributed by atoms with van der Waals surface area (Å²) in [7, 11) is 1.69. The van der Waals surface area contributed by atoms with E-state index in [0.29, 0.717) is 17.3 Å². The van der Waals surface area contributed by atoms with Crippen LogP contribution in [0.4, 0.5) is 11.5 Å². The number of nitrogens with two attached hydrogens (primary N) is 1. The van der Waals surface area contributed by atoms with Crippen molar-refractivity contribution in [1.29, 1.82) is 0 Å². The Kier molecular flexibility index (Phi) is 4.72. The summed E-state index contributed by atoms with van der Waals surface area (Å²) in [6, 6.07) is 15.9. The van der Waals surface area contributed by atoms with Crippen molar-refractivity contribution in [2.75, 3.05) is 43.9 Å². The number of aromatic nitrogens is 2. The zero-order valence-corrected chi connectivity index (χ0v) is 16.8. The molecule has 2 aromatic heterocycles. The molecule has 0 radical (unpaired) electrons. The Bertz CT molecular complexity index is 1160. The Labute approximate surface area is 174 Å². The van der Waals surface area contributed by atoms with E-state index in [1.807, 2.05) is 30.3 Å². The van der Waals surface area contributed by atoms with Gasteiger partial charge in [-0.15, -0.1) is 0 Å². The van der Waals surface area contributed by atoms with Gasteiger partial charge in [0.1, 0.15) is 17.1 Å². The third-order valence-corrected chi connectivity index (χ3v) is 5.42. The third kappa shape index (κ3) is 3.33. The first-order valence-corrected chi connectivity index (χ1v) is 9.98. The highest BCUT2D eigenvalue weighted by Crippen LogP contribution is 2.37. The highest BCUT2D eigenvalue weighted by Gasteiger charge is 2.17. The predicted molar refractivity (Wildman–Crippen MR) is 119 cm³/mol. The van der Waals surface area contributed by atoms with Crippen LogP contribution in [-0.2, 0) is 0 Å². The van der Waals surface area contributed by atoms with Crippen LogP contribution in [0.2, 0.25) is 0 Å². The number of hydrogen-bond donors (Lipinski definition) is 2. The number of ether oxygens (including phenoxy) is 1. The van der Waals surface area contributed by atoms with Crippen molar-refractivity contribution in [1.82, 2.24) is 15.3 Å². The summed E-state index contributed by atoms with van der Waals surface area (Å²) >= 11 is 0. The molecule has 1 fully saturated rings. The van der Waals surface area contributed by atoms with Crippen LogP contribution < -0.4 is 20.7 Å². The molecule has 0 spiro atoms. The first-order chi connectivity index (χ1) is 14.7. The van der Waals surface area contributed by atoms with Gasteiger partial charge in [-0.1, -0.05) is 12.1 Å². The molecule has 1 aliphatic heterocycles. The Morgan fingerprint density at radius 1 is 1.07 bits per heavy atom. The summed E-state index contributed by atoms with van der Waals surface area (Å²) in [6.07, 6.45) is 1.75. The van der Waals surface area contributed by atoms with Crippen LogP contribution in [0.15, 0.2) is 59.1 Å². The van der Waals surface area contributed by atoms with Gasteiger partial charge in [-0.25, -0.2) is 9.97 Å². The van der Waals surface area contributed by atoms with Gasteiger partial charge in [-0.05, 0) is 30.3 Å². The molecule has 7 heteroatoms. The van der Waals surface area contributed by atoms with Gasteiger partial charge in [0.25, 0.3) is 0 Å². The second-order valence-electron chi connectivity index (χ2n) is 7.27. The molecule has 3 heterocycles. The molecule has 1 saturated heterocycles. The lowest BCUT2D eigenvalue weighted by Gasteiger charge is -2.30. The first kappa shape index (κ1) is 18.4. The Morgan fingerprint density at radius 3 is 2.70 bits per heavy atom. The summed E-state index contributed by atoms with van der Waals surface area (Å²) in [5.41, 5.74) is 11.3. The number of hydrogen-bond acceptors (Lipinski definition) is 7. The Morgan fingerprint density at radius 2 is 1.90 bits per heavy atom. The van der Waals surface area contributed by atoms with Gasteiger partial charge >= 0.3 is 0 Å². The number of nitrogens with zero attached hydrogens (tertiary/aromatic N) is 3. The number of benzene rings is 2. The number of anilines is 2. The highest BCUT2D eigenvalue weighted by molar-refractivity contribution is 5.82. The lowest BCUT2D eigenvalue weighted by atomic mass is 10.0. The molecule has 0 saturated carbocycles. The third-order valence-electron chi connectivity index (χ3n) is 5.42. The average molecular weight is 401 g/mol. The number of rotatable bonds is 4. The molecular formula is C23H23N5O2. The zero-order chi connectivity index (χ0) is 20.5. The van der Waals surface area contributed by atoms with Crippen LogP contribution in [0.25, 0.3) is 33.7 Å². The minimum atomic E-state index is 0.377. The van der Waals surface area contributed by atoms with E-state index in [9.17, 15) is 0 Å². The van der Waals surface area contributed by atoms with Crippen molar-refractivity contribution in [2.24, 2.45) is 0 Å². The zero-order valence-electron chi connectivity index (χ0n) is 16.8. The fourth-order valence-electron chi connectivity index (χ4n) is 3.82. The molecule has 30 heavy (non-hydrogen) atoms. The monoisotopic (exact) mass is 401 g/mol. The lowest BCUT2D eigenvalue weighted by molar-refractivity contribution is 0.416. The fourth-order valence-corrected chi connectivity index (χ4v) is 3.82. The van der Waals surface area contributed by atoms with Crippen molar-refractivity contribution in [3.05, 3.63) is 54.7 Å². The van der Waals surface area contributed by atoms with Crippen LogP contribution in [0.5, 0.6) is 5.75 Å². The first-order valence-electron chi connectivity index (χ1n) is 9.98. The molecule has 0 atom stereocenters. The Hall–Kier alpha value is -3.58. The average Bonchev–Trinajstić information content (AvgIpc) is 3.24. The van der Waals surface area contributed by atoms with E-state index in [4.69, 9.17) is 14.9 Å². The summed E-state index contributed by atoms with van der Waals surface area (Å²) in [4.78, 5) is 11.3. The summed E-state index contributed by atoms with van der Waals surface area (Å²) < 4.78 is 11.6. The number of piperazine rings is 1. The van der Waals surface area contributed by atoms with Crippen molar-refractivity contribution in [3.63, 3.8) is 0 Å². The molecule has 0 bridgehead atoms. The number of para-hydroxylation sites is 2. The number of nitrogen functional groups attached to an aromatic ring is 1. The highest BCUT2D eigenvalue weighted by atomic mass is 16.5. The van der Waals surface area contributed by atoms with E-state index in [-0.39, 0.29) is 0 Å². The van der Waals surface area contributed by atoms with Crippen LogP contribution in [0.1, 0.15) is 0 Å². The van der Waals surface area contributed by atoms with E-state index in [2.05, 4.69) is 38.4 Å². The van der Waals surface area contributed by atoms with E-state index < -0.39 is 0 Å². The maximum absolute atomic E-state index is 6.16. The summed E-state index contributed by atoms with van der Waals surface area (Å²) in [6.45, 7) is 3.93. The molecule has 7 nitrogen and oxygen atoms in total. The largest absolute Gasteiger partial charge is 0.496 e. The molecule has 2 aromatic carbocycles. The van der Waals surface area contributed by atoms with Gasteiger partial charge in [0.05, 0.1) is 12.7 Å². The van der Waals surface area contributed by atoms with Crippen LogP contribution in [0, 0.1) is 0 Å². The van der Waals surface area contributed by atoms with E-state index in [1.165, 1.54) is 0 Å². The molecule has 5 rings (SSSR count). The predicted octanol–water partition coefficient (Wildman–Crippen LogP) is 3.56. The maximum atomic E-state index is 6.16. The topological polar surface area (TPSA) is 89.4 Å². The van der Waals surface area contributed by atoms with Crippen molar-refractivity contribution in [3.8, 4) is 28.3 Å². The molecule has 0 amide bonds.